The van der Waals surface area contributed by atoms with Crippen LogP contribution in [0.2, 0.25) is 0 Å². The monoisotopic (exact) mass is 319 g/mol. The molecule has 2 rings (SSSR count). The van der Waals surface area contributed by atoms with Crippen LogP contribution >= 0.6 is 11.3 Å². The number of hydrogen-bond donors (Lipinski definition) is 2. The lowest BCUT2D eigenvalue weighted by Gasteiger charge is -2.23. The molecule has 0 saturated carbocycles. The number of nitrogens with zero attached hydrogens (tertiary/aromatic N) is 3. The third-order valence-corrected chi connectivity index (χ3v) is 4.07. The van der Waals surface area contributed by atoms with E-state index in [-0.39, 0.29) is 5.91 Å². The summed E-state index contributed by atoms with van der Waals surface area (Å²) in [6.45, 7) is 2.28. The Kier molecular flexibility index (Phi) is 5.18. The summed E-state index contributed by atoms with van der Waals surface area (Å²) in [7, 11) is 1.82. The van der Waals surface area contributed by atoms with Gasteiger partial charge in [0.05, 0.1) is 17.3 Å². The molecule has 0 fully saturated rings. The van der Waals surface area contributed by atoms with Crippen molar-refractivity contribution in [3.63, 3.8) is 0 Å². The van der Waals surface area contributed by atoms with Crippen molar-refractivity contribution in [1.82, 2.24) is 14.9 Å². The molecule has 2 amide bonds. The second-order valence-corrected chi connectivity index (χ2v) is 5.72. The minimum atomic E-state index is -0.558. The lowest BCUT2D eigenvalue weighted by molar-refractivity contribution is -0.120. The van der Waals surface area contributed by atoms with Crippen LogP contribution in [0.5, 0.6) is 0 Å². The maximum Gasteiger partial charge on any atom is 0.251 e. The van der Waals surface area contributed by atoms with Crippen LogP contribution in [0.3, 0.4) is 0 Å². The van der Waals surface area contributed by atoms with Crippen molar-refractivity contribution in [1.29, 1.82) is 0 Å². The van der Waals surface area contributed by atoms with Gasteiger partial charge >= 0.3 is 0 Å². The number of anilines is 1. The van der Waals surface area contributed by atoms with Gasteiger partial charge < -0.3 is 11.1 Å². The zero-order chi connectivity index (χ0) is 16.1. The summed E-state index contributed by atoms with van der Waals surface area (Å²) in [5.74, 6) is -0.770. The van der Waals surface area contributed by atoms with Crippen LogP contribution in [0.1, 0.15) is 23.0 Å². The molecule has 116 valence electrons. The standard InChI is InChI=1S/C14H17N5O2S/c1-9(19(2)8-10-7-16-4-5-17-10)13(21)18-14-11(12(15)20)3-6-22-14/h3-7,9H,8H2,1-2H3,(H2,15,20)(H,18,21). The molecule has 2 aromatic heterocycles. The van der Waals surface area contributed by atoms with Gasteiger partial charge in [-0.1, -0.05) is 0 Å². The summed E-state index contributed by atoms with van der Waals surface area (Å²) in [4.78, 5) is 33.6. The Labute approximate surface area is 132 Å². The zero-order valence-corrected chi connectivity index (χ0v) is 13.1. The van der Waals surface area contributed by atoms with Gasteiger partial charge in [0.2, 0.25) is 5.91 Å². The van der Waals surface area contributed by atoms with Gasteiger partial charge in [-0.25, -0.2) is 0 Å². The van der Waals surface area contributed by atoms with E-state index in [9.17, 15) is 9.59 Å². The maximum atomic E-state index is 12.3. The van der Waals surface area contributed by atoms with Gasteiger partial charge in [-0.3, -0.25) is 24.5 Å². The number of carbonyl (C=O) groups is 2. The fourth-order valence-corrected chi connectivity index (χ4v) is 2.62. The largest absolute Gasteiger partial charge is 0.366 e. The van der Waals surface area contributed by atoms with E-state index < -0.39 is 11.9 Å². The summed E-state index contributed by atoms with van der Waals surface area (Å²) in [5, 5.41) is 4.92. The third kappa shape index (κ3) is 3.86. The summed E-state index contributed by atoms with van der Waals surface area (Å²) in [5.41, 5.74) is 6.36. The first kappa shape index (κ1) is 16.1. The molecule has 2 heterocycles. The van der Waals surface area contributed by atoms with Crippen LogP contribution in [0.4, 0.5) is 5.00 Å². The molecule has 1 atom stereocenters. The van der Waals surface area contributed by atoms with Crippen molar-refractivity contribution in [2.45, 2.75) is 19.5 Å². The van der Waals surface area contributed by atoms with Crippen LogP contribution in [0.15, 0.2) is 30.0 Å². The van der Waals surface area contributed by atoms with Gasteiger partial charge in [-0.15, -0.1) is 11.3 Å². The van der Waals surface area contributed by atoms with Crippen LogP contribution in [-0.2, 0) is 11.3 Å². The highest BCUT2D eigenvalue weighted by molar-refractivity contribution is 7.14. The highest BCUT2D eigenvalue weighted by Gasteiger charge is 2.21. The van der Waals surface area contributed by atoms with Gasteiger partial charge in [0.1, 0.15) is 5.00 Å². The highest BCUT2D eigenvalue weighted by Crippen LogP contribution is 2.23. The second-order valence-electron chi connectivity index (χ2n) is 4.80. The fraction of sp³-hybridized carbons (Fsp3) is 0.286. The SMILES string of the molecule is CC(C(=O)Nc1sccc1C(N)=O)N(C)Cc1cnccn1. The smallest absolute Gasteiger partial charge is 0.251 e. The van der Waals surface area contributed by atoms with Gasteiger partial charge in [-0.2, -0.15) is 0 Å². The Bertz CT molecular complexity index is 658. The molecule has 3 N–H and O–H groups in total. The molecular weight excluding hydrogens is 302 g/mol. The molecular formula is C14H17N5O2S. The van der Waals surface area contributed by atoms with E-state index in [0.717, 1.165) is 5.69 Å². The van der Waals surface area contributed by atoms with E-state index in [4.69, 9.17) is 5.73 Å². The number of carbonyl (C=O) groups excluding carboxylic acids is 2. The maximum absolute atomic E-state index is 12.3. The van der Waals surface area contributed by atoms with Crippen molar-refractivity contribution in [3.8, 4) is 0 Å². The molecule has 0 aliphatic rings. The number of nitrogens with two attached hydrogens (primary N) is 1. The lowest BCUT2D eigenvalue weighted by atomic mass is 10.2. The Hall–Kier alpha value is -2.32. The van der Waals surface area contributed by atoms with Gasteiger partial charge in [0.15, 0.2) is 0 Å². The number of thiophene rings is 1. The van der Waals surface area contributed by atoms with Crippen LogP contribution in [-0.4, -0.2) is 39.8 Å². The van der Waals surface area contributed by atoms with Gasteiger partial charge in [-0.05, 0) is 25.4 Å². The molecule has 0 bridgehead atoms. The first-order valence-corrected chi connectivity index (χ1v) is 7.50. The van der Waals surface area contributed by atoms with Crippen molar-refractivity contribution in [2.75, 3.05) is 12.4 Å². The normalized spacial score (nSPS) is 12.1. The molecule has 1 unspecified atom stereocenters. The quantitative estimate of drug-likeness (QED) is 0.830. The highest BCUT2D eigenvalue weighted by atomic mass is 32.1. The predicted octanol–water partition coefficient (Wildman–Crippen LogP) is 1.10. The van der Waals surface area contributed by atoms with E-state index in [0.29, 0.717) is 17.1 Å². The average molecular weight is 319 g/mol. The zero-order valence-electron chi connectivity index (χ0n) is 12.3. The molecule has 22 heavy (non-hydrogen) atoms. The Morgan fingerprint density at radius 3 is 2.86 bits per heavy atom. The number of nitrogens with one attached hydrogen (secondary N) is 1. The van der Waals surface area contributed by atoms with Crippen LogP contribution in [0, 0.1) is 0 Å². The number of amides is 2. The Morgan fingerprint density at radius 2 is 2.23 bits per heavy atom. The number of likely N-dealkylation sites (N-methyl/N-ethyl adjacent to an activating group) is 1. The van der Waals surface area contributed by atoms with Crippen molar-refractivity contribution in [3.05, 3.63) is 41.3 Å². The number of rotatable bonds is 6. The molecule has 0 aliphatic heterocycles. The predicted molar refractivity (Wildman–Crippen MR) is 84.4 cm³/mol. The molecule has 2 aromatic rings. The summed E-state index contributed by atoms with van der Waals surface area (Å²) >= 11 is 1.27. The van der Waals surface area contributed by atoms with E-state index in [1.54, 1.807) is 37.0 Å². The molecule has 0 spiro atoms. The van der Waals surface area contributed by atoms with Gasteiger partial charge in [0, 0.05) is 25.1 Å². The minimum absolute atomic E-state index is 0.212. The van der Waals surface area contributed by atoms with Crippen LogP contribution < -0.4 is 11.1 Å². The Balaban J connectivity index is 1.99. The van der Waals surface area contributed by atoms with E-state index in [1.165, 1.54) is 11.3 Å². The summed E-state index contributed by atoms with van der Waals surface area (Å²) in [6, 6.07) is 1.20. The van der Waals surface area contributed by atoms with Crippen molar-refractivity contribution >= 4 is 28.2 Å². The van der Waals surface area contributed by atoms with Crippen molar-refractivity contribution in [2.24, 2.45) is 5.73 Å². The van der Waals surface area contributed by atoms with E-state index in [1.807, 2.05) is 11.9 Å². The molecule has 7 nitrogen and oxygen atoms in total. The molecule has 0 aromatic carbocycles. The Morgan fingerprint density at radius 1 is 1.45 bits per heavy atom. The molecule has 8 heteroatoms. The second kappa shape index (κ2) is 7.10. The number of aromatic nitrogens is 2. The summed E-state index contributed by atoms with van der Waals surface area (Å²) in [6.07, 6.45) is 4.87. The number of primary amides is 1. The average Bonchev–Trinajstić information content (AvgIpc) is 2.95. The first-order valence-electron chi connectivity index (χ1n) is 6.62. The lowest BCUT2D eigenvalue weighted by Crippen LogP contribution is -2.39. The van der Waals surface area contributed by atoms with E-state index in [2.05, 4.69) is 15.3 Å². The van der Waals surface area contributed by atoms with Crippen LogP contribution in [0.25, 0.3) is 0 Å². The molecule has 0 aliphatic carbocycles. The minimum Gasteiger partial charge on any atom is -0.366 e. The number of hydrogen-bond acceptors (Lipinski definition) is 6. The van der Waals surface area contributed by atoms with Gasteiger partial charge in [0.25, 0.3) is 5.91 Å². The molecule has 0 saturated heterocycles. The molecule has 0 radical (unpaired) electrons. The van der Waals surface area contributed by atoms with E-state index >= 15 is 0 Å². The topological polar surface area (TPSA) is 101 Å². The summed E-state index contributed by atoms with van der Waals surface area (Å²) < 4.78 is 0. The third-order valence-electron chi connectivity index (χ3n) is 3.24. The first-order chi connectivity index (χ1) is 10.5. The fourth-order valence-electron chi connectivity index (χ4n) is 1.82. The van der Waals surface area contributed by atoms with Crippen molar-refractivity contribution < 1.29 is 9.59 Å².